The minimum atomic E-state index is -3.53. The number of fused-ring (bicyclic) bond motifs is 1. The summed E-state index contributed by atoms with van der Waals surface area (Å²) >= 11 is 1.21. The second kappa shape index (κ2) is 6.21. The lowest BCUT2D eigenvalue weighted by molar-refractivity contribution is 0.187. The molecule has 2 aromatic rings. The summed E-state index contributed by atoms with van der Waals surface area (Å²) in [7, 11) is -2.24. The van der Waals surface area contributed by atoms with Crippen molar-refractivity contribution in [2.24, 2.45) is 0 Å². The van der Waals surface area contributed by atoms with Gasteiger partial charge in [0.15, 0.2) is 0 Å². The molecule has 23 heavy (non-hydrogen) atoms. The van der Waals surface area contributed by atoms with Gasteiger partial charge in [-0.2, -0.15) is 0 Å². The van der Waals surface area contributed by atoms with Crippen LogP contribution in [0.4, 0.5) is 16.2 Å². The molecule has 0 atom stereocenters. The molecule has 0 radical (unpaired) electrons. The van der Waals surface area contributed by atoms with Crippen LogP contribution in [-0.2, 0) is 21.2 Å². The number of amides is 1. The summed E-state index contributed by atoms with van der Waals surface area (Å²) in [4.78, 5) is 11.3. The molecule has 0 spiro atoms. The van der Waals surface area contributed by atoms with Crippen LogP contribution >= 0.6 is 11.3 Å². The first-order chi connectivity index (χ1) is 11.0. The van der Waals surface area contributed by atoms with E-state index in [1.54, 1.807) is 35.7 Å². The van der Waals surface area contributed by atoms with Crippen molar-refractivity contribution in [1.29, 1.82) is 0 Å². The Morgan fingerprint density at radius 1 is 1.35 bits per heavy atom. The van der Waals surface area contributed by atoms with E-state index >= 15 is 0 Å². The van der Waals surface area contributed by atoms with Gasteiger partial charge in [-0.1, -0.05) is 6.07 Å². The monoisotopic (exact) mass is 352 g/mol. The van der Waals surface area contributed by atoms with Gasteiger partial charge in [0.1, 0.15) is 4.21 Å². The Labute approximate surface area is 138 Å². The SMILES string of the molecule is COC(=O)Nc1ccc2c(c1)CCCN2S(=O)(=O)c1cccs1. The number of aryl methyl sites for hydroxylation is 1. The summed E-state index contributed by atoms with van der Waals surface area (Å²) in [6.07, 6.45) is 0.950. The fourth-order valence-corrected chi connectivity index (χ4v) is 5.22. The number of anilines is 2. The normalized spacial score (nSPS) is 14.2. The molecule has 8 heteroatoms. The van der Waals surface area contributed by atoms with Crippen molar-refractivity contribution in [3.8, 4) is 0 Å². The van der Waals surface area contributed by atoms with Crippen molar-refractivity contribution in [3.63, 3.8) is 0 Å². The highest BCUT2D eigenvalue weighted by Crippen LogP contribution is 2.34. The number of hydrogen-bond donors (Lipinski definition) is 1. The summed E-state index contributed by atoms with van der Waals surface area (Å²) in [5, 5.41) is 4.35. The number of ether oxygens (including phenoxy) is 1. The molecule has 0 saturated heterocycles. The number of nitrogens with one attached hydrogen (secondary N) is 1. The number of sulfonamides is 1. The lowest BCUT2D eigenvalue weighted by Gasteiger charge is -2.30. The van der Waals surface area contributed by atoms with Crippen LogP contribution in [0.3, 0.4) is 0 Å². The maximum absolute atomic E-state index is 12.8. The van der Waals surface area contributed by atoms with E-state index < -0.39 is 16.1 Å². The van der Waals surface area contributed by atoms with Crippen molar-refractivity contribution in [1.82, 2.24) is 0 Å². The van der Waals surface area contributed by atoms with Gasteiger partial charge in [-0.25, -0.2) is 13.2 Å². The van der Waals surface area contributed by atoms with Crippen LogP contribution in [0.5, 0.6) is 0 Å². The summed E-state index contributed by atoms with van der Waals surface area (Å²) in [5.41, 5.74) is 2.15. The predicted molar refractivity (Wildman–Crippen MR) is 89.6 cm³/mol. The van der Waals surface area contributed by atoms with E-state index in [0.29, 0.717) is 22.1 Å². The average Bonchev–Trinajstić information content (AvgIpc) is 3.09. The third kappa shape index (κ3) is 3.04. The van der Waals surface area contributed by atoms with Gasteiger partial charge in [-0.15, -0.1) is 11.3 Å². The second-order valence-corrected chi connectivity index (χ2v) is 8.11. The van der Waals surface area contributed by atoms with E-state index in [1.165, 1.54) is 22.8 Å². The third-order valence-corrected chi connectivity index (χ3v) is 6.81. The average molecular weight is 352 g/mol. The molecule has 0 aliphatic carbocycles. The Morgan fingerprint density at radius 3 is 2.87 bits per heavy atom. The zero-order valence-electron chi connectivity index (χ0n) is 12.5. The highest BCUT2D eigenvalue weighted by molar-refractivity contribution is 7.94. The molecule has 1 aliphatic heterocycles. The first kappa shape index (κ1) is 15.8. The molecule has 0 unspecified atom stereocenters. The summed E-state index contributed by atoms with van der Waals surface area (Å²) in [6.45, 7) is 0.455. The van der Waals surface area contributed by atoms with Gasteiger partial charge >= 0.3 is 6.09 Å². The molecule has 1 aromatic heterocycles. The minimum absolute atomic E-state index is 0.335. The van der Waals surface area contributed by atoms with Crippen LogP contribution in [0.25, 0.3) is 0 Å². The standard InChI is InChI=1S/C15H16N2O4S2/c1-21-15(18)16-12-6-7-13-11(10-12)4-2-8-17(13)23(19,20)14-5-3-9-22-14/h3,5-7,9-10H,2,4,8H2,1H3,(H,16,18). The van der Waals surface area contributed by atoms with E-state index in [1.807, 2.05) is 0 Å². The van der Waals surface area contributed by atoms with Gasteiger partial charge in [0.2, 0.25) is 0 Å². The number of carbonyl (C=O) groups is 1. The number of nitrogens with zero attached hydrogens (tertiary/aromatic N) is 1. The molecule has 0 bridgehead atoms. The van der Waals surface area contributed by atoms with Gasteiger partial charge < -0.3 is 4.74 Å². The van der Waals surface area contributed by atoms with Gasteiger partial charge in [0, 0.05) is 12.2 Å². The van der Waals surface area contributed by atoms with Crippen molar-refractivity contribution >= 4 is 38.8 Å². The maximum atomic E-state index is 12.8. The Balaban J connectivity index is 1.96. The largest absolute Gasteiger partial charge is 0.453 e. The molecule has 1 amide bonds. The van der Waals surface area contributed by atoms with Crippen LogP contribution in [0.2, 0.25) is 0 Å². The minimum Gasteiger partial charge on any atom is -0.453 e. The predicted octanol–water partition coefficient (Wildman–Crippen LogP) is 3.07. The molecule has 1 aliphatic rings. The number of methoxy groups -OCH3 is 1. The molecule has 1 aromatic carbocycles. The van der Waals surface area contributed by atoms with Crippen molar-refractivity contribution in [2.45, 2.75) is 17.1 Å². The number of hydrogen-bond acceptors (Lipinski definition) is 5. The molecular weight excluding hydrogens is 336 g/mol. The molecule has 1 N–H and O–H groups in total. The van der Waals surface area contributed by atoms with E-state index in [-0.39, 0.29) is 0 Å². The number of carbonyl (C=O) groups excluding carboxylic acids is 1. The lowest BCUT2D eigenvalue weighted by atomic mass is 10.0. The Kier molecular flexibility index (Phi) is 4.27. The molecule has 0 saturated carbocycles. The Morgan fingerprint density at radius 2 is 2.17 bits per heavy atom. The van der Waals surface area contributed by atoms with E-state index in [9.17, 15) is 13.2 Å². The first-order valence-electron chi connectivity index (χ1n) is 7.06. The van der Waals surface area contributed by atoms with Crippen LogP contribution in [-0.4, -0.2) is 28.2 Å². The van der Waals surface area contributed by atoms with Gasteiger partial charge in [-0.05, 0) is 48.1 Å². The zero-order valence-corrected chi connectivity index (χ0v) is 14.1. The summed E-state index contributed by atoms with van der Waals surface area (Å²) in [5.74, 6) is 0. The van der Waals surface area contributed by atoms with E-state index in [4.69, 9.17) is 0 Å². The number of thiophene rings is 1. The smallest absolute Gasteiger partial charge is 0.411 e. The van der Waals surface area contributed by atoms with Crippen LogP contribution in [0.15, 0.2) is 39.9 Å². The number of rotatable bonds is 3. The number of benzene rings is 1. The molecule has 122 valence electrons. The van der Waals surface area contributed by atoms with Crippen LogP contribution in [0.1, 0.15) is 12.0 Å². The van der Waals surface area contributed by atoms with Crippen molar-refractivity contribution in [2.75, 3.05) is 23.3 Å². The highest BCUT2D eigenvalue weighted by Gasteiger charge is 2.29. The van der Waals surface area contributed by atoms with Crippen molar-refractivity contribution < 1.29 is 17.9 Å². The van der Waals surface area contributed by atoms with Gasteiger partial charge in [0.05, 0.1) is 12.8 Å². The molecule has 0 fully saturated rings. The fraction of sp³-hybridized carbons (Fsp3) is 0.267. The quantitative estimate of drug-likeness (QED) is 0.921. The highest BCUT2D eigenvalue weighted by atomic mass is 32.2. The van der Waals surface area contributed by atoms with Gasteiger partial charge in [-0.3, -0.25) is 9.62 Å². The first-order valence-corrected chi connectivity index (χ1v) is 9.38. The maximum Gasteiger partial charge on any atom is 0.411 e. The zero-order chi connectivity index (χ0) is 16.4. The van der Waals surface area contributed by atoms with E-state index in [0.717, 1.165) is 18.4 Å². The van der Waals surface area contributed by atoms with Crippen LogP contribution in [0, 0.1) is 0 Å². The summed E-state index contributed by atoms with van der Waals surface area (Å²) < 4.78 is 31.9. The molecular formula is C15H16N2O4S2. The molecule has 2 heterocycles. The molecule has 3 rings (SSSR count). The Bertz CT molecular complexity index is 816. The lowest BCUT2D eigenvalue weighted by Crippen LogP contribution is -2.35. The van der Waals surface area contributed by atoms with Gasteiger partial charge in [0.25, 0.3) is 10.0 Å². The topological polar surface area (TPSA) is 75.7 Å². The van der Waals surface area contributed by atoms with E-state index in [2.05, 4.69) is 10.1 Å². The van der Waals surface area contributed by atoms with Crippen molar-refractivity contribution in [3.05, 3.63) is 41.3 Å². The summed E-state index contributed by atoms with van der Waals surface area (Å²) in [6, 6.07) is 8.54. The van der Waals surface area contributed by atoms with Crippen LogP contribution < -0.4 is 9.62 Å². The molecule has 6 nitrogen and oxygen atoms in total. The second-order valence-electron chi connectivity index (χ2n) is 5.07. The fourth-order valence-electron chi connectivity index (χ4n) is 2.58. The Hall–Kier alpha value is -2.06. The third-order valence-electron chi connectivity index (χ3n) is 3.63.